The first kappa shape index (κ1) is 17.5. The Kier molecular flexibility index (Phi) is 5.71. The van der Waals surface area contributed by atoms with Crippen LogP contribution in [0.5, 0.6) is 5.75 Å². The lowest BCUT2D eigenvalue weighted by molar-refractivity contribution is -0.135. The number of aryl methyl sites for hydroxylation is 1. The van der Waals surface area contributed by atoms with Crippen LogP contribution < -0.4 is 10.1 Å². The van der Waals surface area contributed by atoms with Crippen molar-refractivity contribution in [3.63, 3.8) is 0 Å². The van der Waals surface area contributed by atoms with Crippen LogP contribution in [0.3, 0.4) is 0 Å². The van der Waals surface area contributed by atoms with Gasteiger partial charge in [-0.2, -0.15) is 5.10 Å². The van der Waals surface area contributed by atoms with Crippen LogP contribution in [0.15, 0.2) is 42.7 Å². The average molecular weight is 342 g/mol. The van der Waals surface area contributed by atoms with E-state index in [9.17, 15) is 4.79 Å². The van der Waals surface area contributed by atoms with Crippen molar-refractivity contribution in [2.75, 3.05) is 26.7 Å². The lowest BCUT2D eigenvalue weighted by atomic mass is 9.96. The van der Waals surface area contributed by atoms with Gasteiger partial charge in [0.1, 0.15) is 11.8 Å². The molecule has 25 heavy (non-hydrogen) atoms. The lowest BCUT2D eigenvalue weighted by Gasteiger charge is -2.34. The van der Waals surface area contributed by atoms with E-state index in [2.05, 4.69) is 10.4 Å². The fraction of sp³-hybridized carbons (Fsp3) is 0.474. The molecule has 1 N–H and O–H groups in total. The largest absolute Gasteiger partial charge is 0.493 e. The highest BCUT2D eigenvalue weighted by Gasteiger charge is 2.29. The molecule has 2 aromatic rings. The zero-order valence-electron chi connectivity index (χ0n) is 14.9. The summed E-state index contributed by atoms with van der Waals surface area (Å²) in [6.45, 7) is 2.27. The molecular formula is C19H26N4O2. The number of para-hydroxylation sites is 1. The van der Waals surface area contributed by atoms with Gasteiger partial charge in [-0.05, 0) is 37.9 Å². The van der Waals surface area contributed by atoms with Gasteiger partial charge >= 0.3 is 0 Å². The highest BCUT2D eigenvalue weighted by Crippen LogP contribution is 2.22. The van der Waals surface area contributed by atoms with Crippen LogP contribution in [0, 0.1) is 5.92 Å². The first-order valence-electron chi connectivity index (χ1n) is 8.80. The number of carbonyl (C=O) groups excluding carboxylic acids is 1. The summed E-state index contributed by atoms with van der Waals surface area (Å²) >= 11 is 0. The molecule has 1 aliphatic heterocycles. The molecule has 0 bridgehead atoms. The number of amides is 1. The van der Waals surface area contributed by atoms with E-state index in [4.69, 9.17) is 4.74 Å². The van der Waals surface area contributed by atoms with Crippen LogP contribution in [0.1, 0.15) is 24.4 Å². The molecule has 0 aliphatic carbocycles. The molecule has 1 unspecified atom stereocenters. The van der Waals surface area contributed by atoms with Crippen LogP contribution in [-0.4, -0.2) is 47.3 Å². The molecule has 6 nitrogen and oxygen atoms in total. The number of carbonyl (C=O) groups is 1. The predicted molar refractivity (Wildman–Crippen MR) is 96.2 cm³/mol. The number of rotatable bonds is 6. The molecule has 3 rings (SSSR count). The SMILES string of the molecule is CNC(C(=O)N1CCC(COc2ccccc2)CC1)c1cnn(C)c1. The van der Waals surface area contributed by atoms with Gasteiger partial charge < -0.3 is 15.0 Å². The molecule has 1 aromatic heterocycles. The van der Waals surface area contributed by atoms with E-state index in [1.165, 1.54) is 0 Å². The molecule has 1 aromatic carbocycles. The van der Waals surface area contributed by atoms with Crippen molar-refractivity contribution in [2.24, 2.45) is 13.0 Å². The molecule has 0 radical (unpaired) electrons. The van der Waals surface area contributed by atoms with Gasteiger partial charge in [0.25, 0.3) is 0 Å². The highest BCUT2D eigenvalue weighted by molar-refractivity contribution is 5.83. The van der Waals surface area contributed by atoms with E-state index in [0.29, 0.717) is 12.5 Å². The Balaban J connectivity index is 1.50. The number of likely N-dealkylation sites (N-methyl/N-ethyl adjacent to an activating group) is 1. The Morgan fingerprint density at radius 2 is 2.04 bits per heavy atom. The molecule has 1 aliphatic rings. The van der Waals surface area contributed by atoms with Crippen molar-refractivity contribution in [1.29, 1.82) is 0 Å². The van der Waals surface area contributed by atoms with Gasteiger partial charge in [0, 0.05) is 31.9 Å². The van der Waals surface area contributed by atoms with Crippen molar-refractivity contribution < 1.29 is 9.53 Å². The van der Waals surface area contributed by atoms with Gasteiger partial charge in [0.15, 0.2) is 0 Å². The highest BCUT2D eigenvalue weighted by atomic mass is 16.5. The van der Waals surface area contributed by atoms with Gasteiger partial charge in [-0.3, -0.25) is 9.48 Å². The van der Waals surface area contributed by atoms with Gasteiger partial charge in [-0.15, -0.1) is 0 Å². The third-order valence-electron chi connectivity index (χ3n) is 4.75. The molecule has 0 spiro atoms. The zero-order valence-corrected chi connectivity index (χ0v) is 14.9. The summed E-state index contributed by atoms with van der Waals surface area (Å²) in [6, 6.07) is 9.57. The Hall–Kier alpha value is -2.34. The van der Waals surface area contributed by atoms with E-state index in [1.54, 1.807) is 10.9 Å². The van der Waals surface area contributed by atoms with Gasteiger partial charge in [0.2, 0.25) is 5.91 Å². The third kappa shape index (κ3) is 4.39. The average Bonchev–Trinajstić information content (AvgIpc) is 3.08. The molecule has 2 heterocycles. The maximum Gasteiger partial charge on any atom is 0.244 e. The zero-order chi connectivity index (χ0) is 17.6. The van der Waals surface area contributed by atoms with Crippen LogP contribution in [0.2, 0.25) is 0 Å². The molecule has 1 fully saturated rings. The maximum atomic E-state index is 12.8. The van der Waals surface area contributed by atoms with E-state index < -0.39 is 0 Å². The standard InChI is InChI=1S/C19H26N4O2/c1-20-18(16-12-21-22(2)13-16)19(24)23-10-8-15(9-11-23)14-25-17-6-4-3-5-7-17/h3-7,12-13,15,18,20H,8-11,14H2,1-2H3. The van der Waals surface area contributed by atoms with Crippen LogP contribution >= 0.6 is 0 Å². The first-order chi connectivity index (χ1) is 12.2. The molecule has 1 amide bonds. The van der Waals surface area contributed by atoms with Crippen LogP contribution in [-0.2, 0) is 11.8 Å². The lowest BCUT2D eigenvalue weighted by Crippen LogP contribution is -2.44. The number of hydrogen-bond acceptors (Lipinski definition) is 4. The minimum Gasteiger partial charge on any atom is -0.493 e. The Morgan fingerprint density at radius 1 is 1.32 bits per heavy atom. The molecule has 1 saturated heterocycles. The molecule has 1 atom stereocenters. The van der Waals surface area contributed by atoms with Crippen molar-refractivity contribution in [1.82, 2.24) is 20.0 Å². The second-order valence-electron chi connectivity index (χ2n) is 6.56. The molecule has 6 heteroatoms. The summed E-state index contributed by atoms with van der Waals surface area (Å²) in [5, 5.41) is 7.28. The predicted octanol–water partition coefficient (Wildman–Crippen LogP) is 2.00. The number of benzene rings is 1. The topological polar surface area (TPSA) is 59.4 Å². The number of hydrogen-bond donors (Lipinski definition) is 1. The van der Waals surface area contributed by atoms with Crippen molar-refractivity contribution in [3.8, 4) is 5.75 Å². The fourth-order valence-electron chi connectivity index (χ4n) is 3.26. The first-order valence-corrected chi connectivity index (χ1v) is 8.80. The van der Waals surface area contributed by atoms with Crippen LogP contribution in [0.4, 0.5) is 0 Å². The molecule has 134 valence electrons. The number of nitrogens with one attached hydrogen (secondary N) is 1. The Bertz CT molecular complexity index is 678. The summed E-state index contributed by atoms with van der Waals surface area (Å²) < 4.78 is 7.58. The fourth-order valence-corrected chi connectivity index (χ4v) is 3.26. The summed E-state index contributed by atoms with van der Waals surface area (Å²) in [6.07, 6.45) is 5.59. The second kappa shape index (κ2) is 8.16. The summed E-state index contributed by atoms with van der Waals surface area (Å²) in [5.41, 5.74) is 0.907. The molecule has 0 saturated carbocycles. The maximum absolute atomic E-state index is 12.8. The minimum atomic E-state index is -0.328. The Labute approximate surface area is 148 Å². The monoisotopic (exact) mass is 342 g/mol. The Morgan fingerprint density at radius 3 is 2.64 bits per heavy atom. The number of aromatic nitrogens is 2. The summed E-state index contributed by atoms with van der Waals surface area (Å²) in [4.78, 5) is 14.8. The number of ether oxygens (including phenoxy) is 1. The van der Waals surface area contributed by atoms with Crippen molar-refractivity contribution in [3.05, 3.63) is 48.3 Å². The van der Waals surface area contributed by atoms with E-state index in [1.807, 2.05) is 55.5 Å². The van der Waals surface area contributed by atoms with Crippen molar-refractivity contribution in [2.45, 2.75) is 18.9 Å². The normalized spacial score (nSPS) is 16.6. The van der Waals surface area contributed by atoms with Gasteiger partial charge in [-0.25, -0.2) is 0 Å². The second-order valence-corrected chi connectivity index (χ2v) is 6.56. The van der Waals surface area contributed by atoms with Crippen molar-refractivity contribution >= 4 is 5.91 Å². The van der Waals surface area contributed by atoms with Gasteiger partial charge in [0.05, 0.1) is 12.8 Å². The molecular weight excluding hydrogens is 316 g/mol. The minimum absolute atomic E-state index is 0.123. The number of nitrogens with zero attached hydrogens (tertiary/aromatic N) is 3. The van der Waals surface area contributed by atoms with Gasteiger partial charge in [-0.1, -0.05) is 18.2 Å². The quantitative estimate of drug-likeness (QED) is 0.872. The summed E-state index contributed by atoms with van der Waals surface area (Å²) in [7, 11) is 3.68. The summed E-state index contributed by atoms with van der Waals surface area (Å²) in [5.74, 6) is 1.53. The number of likely N-dealkylation sites (tertiary alicyclic amines) is 1. The number of piperidine rings is 1. The van der Waals surface area contributed by atoms with Crippen LogP contribution in [0.25, 0.3) is 0 Å². The van der Waals surface area contributed by atoms with E-state index in [0.717, 1.165) is 37.2 Å². The van der Waals surface area contributed by atoms with E-state index >= 15 is 0 Å². The third-order valence-corrected chi connectivity index (χ3v) is 4.75. The van der Waals surface area contributed by atoms with E-state index in [-0.39, 0.29) is 11.9 Å². The smallest absolute Gasteiger partial charge is 0.244 e.